The highest BCUT2D eigenvalue weighted by atomic mass is 32.1. The lowest BCUT2D eigenvalue weighted by molar-refractivity contribution is 0.234. The molecule has 2 aromatic rings. The quantitative estimate of drug-likeness (QED) is 0.865. The van der Waals surface area contributed by atoms with E-state index in [1.807, 2.05) is 37.3 Å². The van der Waals surface area contributed by atoms with Crippen LogP contribution in [0.2, 0.25) is 0 Å². The van der Waals surface area contributed by atoms with E-state index in [0.717, 1.165) is 5.69 Å². The molecule has 0 saturated heterocycles. The van der Waals surface area contributed by atoms with Gasteiger partial charge in [-0.3, -0.25) is 0 Å². The molecule has 0 aliphatic rings. The van der Waals surface area contributed by atoms with E-state index >= 15 is 0 Å². The summed E-state index contributed by atoms with van der Waals surface area (Å²) in [6, 6.07) is 6.42. The molecule has 0 aliphatic carbocycles. The van der Waals surface area contributed by atoms with Crippen LogP contribution < -0.4 is 10.1 Å². The zero-order valence-corrected chi connectivity index (χ0v) is 13.5. The lowest BCUT2D eigenvalue weighted by atomic mass is 10.1. The molecule has 0 radical (unpaired) electrons. The summed E-state index contributed by atoms with van der Waals surface area (Å²) in [5, 5.41) is 3.51. The summed E-state index contributed by atoms with van der Waals surface area (Å²) < 4.78 is 5.75. The summed E-state index contributed by atoms with van der Waals surface area (Å²) in [7, 11) is 0. The van der Waals surface area contributed by atoms with Gasteiger partial charge in [0.2, 0.25) is 5.88 Å². The zero-order chi connectivity index (χ0) is 14.7. The van der Waals surface area contributed by atoms with Gasteiger partial charge in [0.05, 0.1) is 11.8 Å². The van der Waals surface area contributed by atoms with Gasteiger partial charge in [0, 0.05) is 22.0 Å². The van der Waals surface area contributed by atoms with E-state index in [2.05, 4.69) is 37.1 Å². The molecule has 0 bridgehead atoms. The van der Waals surface area contributed by atoms with E-state index in [1.54, 1.807) is 6.20 Å². The van der Waals surface area contributed by atoms with Crippen LogP contribution in [-0.2, 0) is 0 Å². The van der Waals surface area contributed by atoms with E-state index in [-0.39, 0.29) is 12.1 Å². The highest BCUT2D eigenvalue weighted by Gasteiger charge is 2.14. The van der Waals surface area contributed by atoms with Crippen LogP contribution in [0, 0.1) is 13.8 Å². The van der Waals surface area contributed by atoms with Crippen LogP contribution in [0.1, 0.15) is 42.1 Å². The number of ether oxygens (including phenoxy) is 1. The van der Waals surface area contributed by atoms with Crippen molar-refractivity contribution in [2.75, 3.05) is 5.32 Å². The second-order valence-electron chi connectivity index (χ2n) is 5.26. The molecular formula is C16H22N2OS. The van der Waals surface area contributed by atoms with Crippen LogP contribution in [0.25, 0.3) is 0 Å². The first-order valence-corrected chi connectivity index (χ1v) is 7.74. The zero-order valence-electron chi connectivity index (χ0n) is 12.7. The topological polar surface area (TPSA) is 34.2 Å². The molecule has 3 nitrogen and oxygen atoms in total. The number of nitrogens with zero attached hydrogens (tertiary/aromatic N) is 1. The van der Waals surface area contributed by atoms with Gasteiger partial charge in [-0.1, -0.05) is 0 Å². The Morgan fingerprint density at radius 2 is 2.00 bits per heavy atom. The van der Waals surface area contributed by atoms with Crippen molar-refractivity contribution < 1.29 is 4.74 Å². The monoisotopic (exact) mass is 290 g/mol. The van der Waals surface area contributed by atoms with E-state index in [1.165, 1.54) is 15.3 Å². The van der Waals surface area contributed by atoms with Crippen molar-refractivity contribution in [3.05, 3.63) is 39.7 Å². The number of nitrogens with one attached hydrogen (secondary N) is 1. The first-order chi connectivity index (χ1) is 9.47. The summed E-state index contributed by atoms with van der Waals surface area (Å²) in [4.78, 5) is 7.01. The average molecular weight is 290 g/mol. The molecule has 4 heteroatoms. The molecule has 1 unspecified atom stereocenters. The van der Waals surface area contributed by atoms with Crippen LogP contribution in [0.3, 0.4) is 0 Å². The predicted octanol–water partition coefficient (Wildman–Crippen LogP) is 4.72. The van der Waals surface area contributed by atoms with Crippen LogP contribution >= 0.6 is 11.3 Å². The largest absolute Gasteiger partial charge is 0.473 e. The van der Waals surface area contributed by atoms with Crippen molar-refractivity contribution >= 4 is 17.0 Å². The first kappa shape index (κ1) is 14.9. The second kappa shape index (κ2) is 6.27. The smallest absolute Gasteiger partial charge is 0.237 e. The number of thiophene rings is 1. The number of rotatable bonds is 5. The lowest BCUT2D eigenvalue weighted by Crippen LogP contribution is -2.12. The highest BCUT2D eigenvalue weighted by molar-refractivity contribution is 7.12. The molecule has 1 N–H and O–H groups in total. The van der Waals surface area contributed by atoms with Crippen molar-refractivity contribution in [2.24, 2.45) is 0 Å². The van der Waals surface area contributed by atoms with E-state index < -0.39 is 0 Å². The minimum Gasteiger partial charge on any atom is -0.473 e. The number of hydrogen-bond donors (Lipinski definition) is 1. The summed E-state index contributed by atoms with van der Waals surface area (Å²) in [5.41, 5.74) is 2.28. The molecule has 2 heterocycles. The Morgan fingerprint density at radius 1 is 1.25 bits per heavy atom. The van der Waals surface area contributed by atoms with Gasteiger partial charge in [0.15, 0.2) is 0 Å². The van der Waals surface area contributed by atoms with Gasteiger partial charge in [0.1, 0.15) is 0 Å². The Labute approximate surface area is 125 Å². The number of aryl methyl sites for hydroxylation is 2. The Kier molecular flexibility index (Phi) is 4.65. The maximum absolute atomic E-state index is 5.75. The highest BCUT2D eigenvalue weighted by Crippen LogP contribution is 2.31. The third kappa shape index (κ3) is 3.51. The molecule has 20 heavy (non-hydrogen) atoms. The standard InChI is InChI=1S/C16H22N2OS/c1-10(2)19-16-15(7-6-8-17-16)18-12(4)14-9-11(3)20-13(14)5/h6-10,12,18H,1-5H3. The van der Waals surface area contributed by atoms with Crippen molar-refractivity contribution in [1.29, 1.82) is 0 Å². The average Bonchev–Trinajstić information content (AvgIpc) is 2.70. The summed E-state index contributed by atoms with van der Waals surface area (Å²) in [6.07, 6.45) is 1.87. The van der Waals surface area contributed by atoms with Crippen molar-refractivity contribution in [1.82, 2.24) is 4.98 Å². The molecule has 0 aromatic carbocycles. The number of aromatic nitrogens is 1. The molecule has 1 atom stereocenters. The Morgan fingerprint density at radius 3 is 2.60 bits per heavy atom. The molecule has 0 amide bonds. The number of hydrogen-bond acceptors (Lipinski definition) is 4. The minimum absolute atomic E-state index is 0.117. The lowest BCUT2D eigenvalue weighted by Gasteiger charge is -2.18. The molecular weight excluding hydrogens is 268 g/mol. The Balaban J connectivity index is 2.19. The van der Waals surface area contributed by atoms with Gasteiger partial charge in [-0.2, -0.15) is 0 Å². The Hall–Kier alpha value is -1.55. The van der Waals surface area contributed by atoms with E-state index in [9.17, 15) is 0 Å². The number of anilines is 1. The van der Waals surface area contributed by atoms with Crippen LogP contribution in [0.4, 0.5) is 5.69 Å². The van der Waals surface area contributed by atoms with Crippen molar-refractivity contribution in [2.45, 2.75) is 46.8 Å². The summed E-state index contributed by atoms with van der Waals surface area (Å²) >= 11 is 1.84. The van der Waals surface area contributed by atoms with Gasteiger partial charge in [-0.25, -0.2) is 4.98 Å². The fourth-order valence-corrected chi connectivity index (χ4v) is 3.23. The molecule has 0 aliphatic heterocycles. The fourth-order valence-electron chi connectivity index (χ4n) is 2.21. The fraction of sp³-hybridized carbons (Fsp3) is 0.438. The van der Waals surface area contributed by atoms with Crippen molar-refractivity contribution in [3.8, 4) is 5.88 Å². The predicted molar refractivity (Wildman–Crippen MR) is 85.8 cm³/mol. The normalized spacial score (nSPS) is 12.5. The minimum atomic E-state index is 0.117. The molecule has 0 saturated carbocycles. The van der Waals surface area contributed by atoms with Gasteiger partial charge in [0.25, 0.3) is 0 Å². The third-order valence-electron chi connectivity index (χ3n) is 3.04. The maximum atomic E-state index is 5.75. The molecule has 0 spiro atoms. The molecule has 108 valence electrons. The summed E-state index contributed by atoms with van der Waals surface area (Å²) in [6.45, 7) is 10.5. The third-order valence-corrected chi connectivity index (χ3v) is 4.02. The second-order valence-corrected chi connectivity index (χ2v) is 6.72. The van der Waals surface area contributed by atoms with Gasteiger partial charge in [-0.15, -0.1) is 11.3 Å². The molecule has 2 aromatic heterocycles. The van der Waals surface area contributed by atoms with E-state index in [4.69, 9.17) is 4.74 Å². The van der Waals surface area contributed by atoms with Crippen LogP contribution in [0.5, 0.6) is 5.88 Å². The van der Waals surface area contributed by atoms with Crippen molar-refractivity contribution in [3.63, 3.8) is 0 Å². The maximum Gasteiger partial charge on any atom is 0.237 e. The van der Waals surface area contributed by atoms with Crippen LogP contribution in [-0.4, -0.2) is 11.1 Å². The SMILES string of the molecule is Cc1cc(C(C)Nc2cccnc2OC(C)C)c(C)s1. The molecule has 2 rings (SSSR count). The van der Waals surface area contributed by atoms with E-state index in [0.29, 0.717) is 5.88 Å². The summed E-state index contributed by atoms with van der Waals surface area (Å²) in [5.74, 6) is 0.666. The van der Waals surface area contributed by atoms with Gasteiger partial charge < -0.3 is 10.1 Å². The number of pyridine rings is 1. The Bertz CT molecular complexity index is 578. The van der Waals surface area contributed by atoms with Gasteiger partial charge >= 0.3 is 0 Å². The molecule has 0 fully saturated rings. The van der Waals surface area contributed by atoms with Crippen LogP contribution in [0.15, 0.2) is 24.4 Å². The first-order valence-electron chi connectivity index (χ1n) is 6.92. The van der Waals surface area contributed by atoms with Gasteiger partial charge in [-0.05, 0) is 58.4 Å².